The van der Waals surface area contributed by atoms with Crippen LogP contribution in [-0.2, 0) is 14.3 Å². The maximum absolute atomic E-state index is 13.6. The summed E-state index contributed by atoms with van der Waals surface area (Å²) in [5.41, 5.74) is 4.27. The number of hydrogen-bond donors (Lipinski definition) is 2. The van der Waals surface area contributed by atoms with Gasteiger partial charge >= 0.3 is 5.97 Å². The Morgan fingerprint density at radius 3 is 2.45 bits per heavy atom. The number of phenolic OH excluding ortho intramolecular Hbond substituents is 1. The van der Waals surface area contributed by atoms with Crippen LogP contribution in [0.3, 0.4) is 0 Å². The number of nitrogens with one attached hydrogen (secondary N) is 1. The fraction of sp³-hybridized carbons (Fsp3) is 0.333. The number of benzene rings is 2. The number of methoxy groups -OCH3 is 1. The Morgan fingerprint density at radius 1 is 1.09 bits per heavy atom. The Balaban J connectivity index is 1.80. The summed E-state index contributed by atoms with van der Waals surface area (Å²) in [6, 6.07) is 14.4. The van der Waals surface area contributed by atoms with Crippen LogP contribution in [0.25, 0.3) is 0 Å². The number of ether oxygens (including phenoxy) is 2. The van der Waals surface area contributed by atoms with Crippen LogP contribution < -0.4 is 10.1 Å². The zero-order chi connectivity index (χ0) is 23.7. The van der Waals surface area contributed by atoms with Crippen molar-refractivity contribution in [1.29, 1.82) is 0 Å². The first kappa shape index (κ1) is 22.6. The van der Waals surface area contributed by atoms with Crippen molar-refractivity contribution in [2.45, 2.75) is 51.6 Å². The van der Waals surface area contributed by atoms with Crippen molar-refractivity contribution in [2.24, 2.45) is 0 Å². The Morgan fingerprint density at radius 2 is 1.79 bits per heavy atom. The predicted molar refractivity (Wildman–Crippen MR) is 125 cm³/mol. The number of dihydropyridines is 1. The van der Waals surface area contributed by atoms with Crippen LogP contribution in [0.2, 0.25) is 0 Å². The van der Waals surface area contributed by atoms with Crippen molar-refractivity contribution < 1.29 is 24.2 Å². The second kappa shape index (κ2) is 9.14. The first-order valence-corrected chi connectivity index (χ1v) is 11.2. The van der Waals surface area contributed by atoms with Crippen molar-refractivity contribution in [2.75, 3.05) is 7.11 Å². The predicted octanol–water partition coefficient (Wildman–Crippen LogP) is 4.71. The Labute approximate surface area is 193 Å². The minimum absolute atomic E-state index is 0.0138. The van der Waals surface area contributed by atoms with E-state index in [1.807, 2.05) is 31.2 Å². The highest BCUT2D eigenvalue weighted by Crippen LogP contribution is 2.47. The lowest BCUT2D eigenvalue weighted by Gasteiger charge is -2.37. The molecule has 6 heteroatoms. The van der Waals surface area contributed by atoms with Gasteiger partial charge in [0.15, 0.2) is 5.78 Å². The summed E-state index contributed by atoms with van der Waals surface area (Å²) in [7, 11) is 1.63. The average molecular weight is 448 g/mol. The molecule has 1 aliphatic carbocycles. The molecule has 2 atom stereocenters. The molecule has 0 fully saturated rings. The lowest BCUT2D eigenvalue weighted by atomic mass is 9.71. The quantitative estimate of drug-likeness (QED) is 0.646. The highest BCUT2D eigenvalue weighted by molar-refractivity contribution is 6.04. The number of para-hydroxylation sites is 1. The molecule has 33 heavy (non-hydrogen) atoms. The molecular formula is C27H29NO5. The van der Waals surface area contributed by atoms with E-state index < -0.39 is 11.9 Å². The second-order valence-corrected chi connectivity index (χ2v) is 8.80. The highest BCUT2D eigenvalue weighted by Gasteiger charge is 2.42. The SMILES string of the molecule is COc1ccccc1[C@@H]1CC(=O)C2=C(C1)NC(C)=C(C(=O)OC(C)C)[C@H]2c1ccc(O)cc1. The van der Waals surface area contributed by atoms with Gasteiger partial charge < -0.3 is 19.9 Å². The fourth-order valence-corrected chi connectivity index (χ4v) is 4.81. The first-order chi connectivity index (χ1) is 15.8. The largest absolute Gasteiger partial charge is 0.508 e. The van der Waals surface area contributed by atoms with Crippen molar-refractivity contribution in [3.05, 3.63) is 82.2 Å². The molecule has 4 rings (SSSR count). The van der Waals surface area contributed by atoms with Gasteiger partial charge in [0.25, 0.3) is 0 Å². The molecule has 2 aromatic carbocycles. The number of ketones is 1. The minimum atomic E-state index is -0.556. The minimum Gasteiger partial charge on any atom is -0.508 e. The van der Waals surface area contributed by atoms with Gasteiger partial charge in [-0.25, -0.2) is 4.79 Å². The molecule has 0 aromatic heterocycles. The number of aromatic hydroxyl groups is 1. The molecule has 1 aliphatic heterocycles. The van der Waals surface area contributed by atoms with Crippen LogP contribution in [0, 0.1) is 0 Å². The summed E-state index contributed by atoms with van der Waals surface area (Å²) >= 11 is 0. The van der Waals surface area contributed by atoms with Crippen LogP contribution >= 0.6 is 0 Å². The highest BCUT2D eigenvalue weighted by atomic mass is 16.5. The lowest BCUT2D eigenvalue weighted by Crippen LogP contribution is -2.36. The lowest BCUT2D eigenvalue weighted by molar-refractivity contribution is -0.143. The molecule has 0 amide bonds. The Bertz CT molecular complexity index is 1140. The van der Waals surface area contributed by atoms with Crippen LogP contribution in [0.15, 0.2) is 71.1 Å². The molecule has 0 saturated heterocycles. The normalized spacial score (nSPS) is 20.5. The molecule has 6 nitrogen and oxygen atoms in total. The zero-order valence-corrected chi connectivity index (χ0v) is 19.3. The van der Waals surface area contributed by atoms with Crippen molar-refractivity contribution in [3.63, 3.8) is 0 Å². The molecule has 0 radical (unpaired) electrons. The van der Waals surface area contributed by atoms with E-state index in [9.17, 15) is 14.7 Å². The van der Waals surface area contributed by atoms with E-state index in [-0.39, 0.29) is 23.6 Å². The van der Waals surface area contributed by atoms with Crippen molar-refractivity contribution >= 4 is 11.8 Å². The molecule has 0 spiro atoms. The summed E-state index contributed by atoms with van der Waals surface area (Å²) < 4.78 is 11.1. The van der Waals surface area contributed by atoms with Crippen LogP contribution in [0.1, 0.15) is 56.6 Å². The van der Waals surface area contributed by atoms with Crippen LogP contribution in [0.5, 0.6) is 11.5 Å². The molecular weight excluding hydrogens is 418 g/mol. The van der Waals surface area contributed by atoms with Gasteiger partial charge in [0.2, 0.25) is 0 Å². The molecule has 1 heterocycles. The van der Waals surface area contributed by atoms with E-state index in [4.69, 9.17) is 9.47 Å². The van der Waals surface area contributed by atoms with Gasteiger partial charge in [-0.05, 0) is 56.5 Å². The molecule has 0 unspecified atom stereocenters. The van der Waals surface area contributed by atoms with E-state index in [1.165, 1.54) is 0 Å². The molecule has 172 valence electrons. The zero-order valence-electron chi connectivity index (χ0n) is 19.3. The van der Waals surface area contributed by atoms with Gasteiger partial charge in [-0.1, -0.05) is 30.3 Å². The number of hydrogen-bond acceptors (Lipinski definition) is 6. The van der Waals surface area contributed by atoms with E-state index in [0.717, 1.165) is 22.6 Å². The summed E-state index contributed by atoms with van der Waals surface area (Å²) in [5, 5.41) is 13.1. The molecule has 2 aliphatic rings. The van der Waals surface area contributed by atoms with Gasteiger partial charge in [-0.15, -0.1) is 0 Å². The monoisotopic (exact) mass is 447 g/mol. The van der Waals surface area contributed by atoms with Crippen LogP contribution in [-0.4, -0.2) is 30.1 Å². The Hall–Kier alpha value is -3.54. The van der Waals surface area contributed by atoms with Crippen molar-refractivity contribution in [1.82, 2.24) is 5.32 Å². The fourth-order valence-electron chi connectivity index (χ4n) is 4.81. The summed E-state index contributed by atoms with van der Waals surface area (Å²) in [6.45, 7) is 5.44. The second-order valence-electron chi connectivity index (χ2n) is 8.80. The van der Waals surface area contributed by atoms with Gasteiger partial charge in [0.1, 0.15) is 11.5 Å². The number of Topliss-reactive ketones (excluding diaryl/α,β-unsaturated/α-hetero) is 1. The third-order valence-corrected chi connectivity index (χ3v) is 6.20. The van der Waals surface area contributed by atoms with Gasteiger partial charge in [0.05, 0.1) is 18.8 Å². The maximum atomic E-state index is 13.6. The molecule has 0 saturated carbocycles. The number of phenols is 1. The van der Waals surface area contributed by atoms with Crippen LogP contribution in [0.4, 0.5) is 0 Å². The van der Waals surface area contributed by atoms with E-state index in [2.05, 4.69) is 5.32 Å². The molecule has 2 N–H and O–H groups in total. The summed E-state index contributed by atoms with van der Waals surface area (Å²) in [4.78, 5) is 26.7. The first-order valence-electron chi connectivity index (χ1n) is 11.2. The number of carbonyl (C=O) groups is 2. The van der Waals surface area contributed by atoms with E-state index in [1.54, 1.807) is 45.2 Å². The topological polar surface area (TPSA) is 84.9 Å². The number of rotatable bonds is 5. The number of allylic oxidation sites excluding steroid dienone is 3. The van der Waals surface area contributed by atoms with E-state index >= 15 is 0 Å². The standard InChI is InChI=1S/C27H29NO5/c1-15(2)33-27(31)24-16(3)28-21-13-18(20-7-5-6-8-23(20)32-4)14-22(30)26(21)25(24)17-9-11-19(29)12-10-17/h5-12,15,18,25,28-29H,13-14H2,1-4H3/t18-,25+/m0/s1. The summed E-state index contributed by atoms with van der Waals surface area (Å²) in [5.74, 6) is -0.158. The molecule has 0 bridgehead atoms. The maximum Gasteiger partial charge on any atom is 0.337 e. The van der Waals surface area contributed by atoms with Crippen molar-refractivity contribution in [3.8, 4) is 11.5 Å². The number of esters is 1. The van der Waals surface area contributed by atoms with Gasteiger partial charge in [-0.3, -0.25) is 4.79 Å². The summed E-state index contributed by atoms with van der Waals surface area (Å²) in [6.07, 6.45) is 0.659. The third kappa shape index (κ3) is 4.38. The Kier molecular flexibility index (Phi) is 6.27. The smallest absolute Gasteiger partial charge is 0.337 e. The number of carbonyl (C=O) groups excluding carboxylic acids is 2. The van der Waals surface area contributed by atoms with Gasteiger partial charge in [0, 0.05) is 35.2 Å². The average Bonchev–Trinajstić information content (AvgIpc) is 2.78. The third-order valence-electron chi connectivity index (χ3n) is 6.20. The van der Waals surface area contributed by atoms with E-state index in [0.29, 0.717) is 29.7 Å². The molecule has 2 aromatic rings. The van der Waals surface area contributed by atoms with Gasteiger partial charge in [-0.2, -0.15) is 0 Å².